The van der Waals surface area contributed by atoms with Crippen molar-refractivity contribution in [3.8, 4) is 16.9 Å². The number of rotatable bonds is 3. The van der Waals surface area contributed by atoms with Crippen LogP contribution in [-0.4, -0.2) is 12.3 Å². The molecule has 2 rings (SSSR count). The minimum absolute atomic E-state index is 0.345. The number of aryl methyl sites for hydroxylation is 1. The topological polar surface area (TPSA) is 61.3 Å². The molecule has 1 aromatic carbocycles. The molecule has 2 N–H and O–H groups in total. The summed E-state index contributed by atoms with van der Waals surface area (Å²) in [4.78, 5) is 0. The van der Waals surface area contributed by atoms with E-state index in [-0.39, 0.29) is 0 Å². The number of nitrogens with zero attached hydrogens (tertiary/aromatic N) is 1. The predicted octanol–water partition coefficient (Wildman–Crippen LogP) is 3.36. The first kappa shape index (κ1) is 12.5. The fourth-order valence-corrected chi connectivity index (χ4v) is 2.07. The number of hydrogen-bond donors (Lipinski definition) is 1. The fourth-order valence-electron chi connectivity index (χ4n) is 2.07. The summed E-state index contributed by atoms with van der Waals surface area (Å²) in [6.45, 7) is 6.29. The zero-order valence-corrected chi connectivity index (χ0v) is 11.2. The Morgan fingerprint density at radius 1 is 1.28 bits per heavy atom. The van der Waals surface area contributed by atoms with Crippen LogP contribution in [0.4, 0.5) is 5.88 Å². The highest BCUT2D eigenvalue weighted by molar-refractivity contribution is 5.76. The van der Waals surface area contributed by atoms with Gasteiger partial charge in [0.1, 0.15) is 5.75 Å². The third kappa shape index (κ3) is 2.06. The molecule has 0 saturated heterocycles. The van der Waals surface area contributed by atoms with Crippen LogP contribution in [0.3, 0.4) is 0 Å². The molecule has 4 nitrogen and oxygen atoms in total. The highest BCUT2D eigenvalue weighted by atomic mass is 16.5. The van der Waals surface area contributed by atoms with Crippen LogP contribution in [0, 0.1) is 6.92 Å². The van der Waals surface area contributed by atoms with Crippen molar-refractivity contribution in [2.24, 2.45) is 0 Å². The van der Waals surface area contributed by atoms with Crippen LogP contribution in [-0.2, 0) is 0 Å². The van der Waals surface area contributed by atoms with E-state index in [1.165, 1.54) is 0 Å². The van der Waals surface area contributed by atoms with E-state index in [0.717, 1.165) is 28.0 Å². The smallest absolute Gasteiger partial charge is 0.229 e. The van der Waals surface area contributed by atoms with Crippen molar-refractivity contribution in [3.05, 3.63) is 29.5 Å². The Bertz CT molecular complexity index is 559. The molecule has 0 bridgehead atoms. The molecule has 0 aliphatic carbocycles. The van der Waals surface area contributed by atoms with Gasteiger partial charge >= 0.3 is 0 Å². The molecule has 0 atom stereocenters. The molecule has 0 aliphatic heterocycles. The van der Waals surface area contributed by atoms with Crippen LogP contribution in [0.25, 0.3) is 11.1 Å². The van der Waals surface area contributed by atoms with Gasteiger partial charge in [-0.25, -0.2) is 0 Å². The van der Waals surface area contributed by atoms with Crippen LogP contribution in [0.5, 0.6) is 5.75 Å². The van der Waals surface area contributed by atoms with Crippen LogP contribution in [0.2, 0.25) is 0 Å². The van der Waals surface area contributed by atoms with Gasteiger partial charge in [0, 0.05) is 0 Å². The second kappa shape index (κ2) is 4.72. The van der Waals surface area contributed by atoms with Gasteiger partial charge in [0.25, 0.3) is 0 Å². The largest absolute Gasteiger partial charge is 0.496 e. The molecule has 1 heterocycles. The lowest BCUT2D eigenvalue weighted by Gasteiger charge is -2.15. The molecule has 96 valence electrons. The Morgan fingerprint density at radius 3 is 2.50 bits per heavy atom. The van der Waals surface area contributed by atoms with E-state index in [0.29, 0.717) is 11.8 Å². The summed E-state index contributed by atoms with van der Waals surface area (Å²) in [5.41, 5.74) is 9.89. The first-order valence-electron chi connectivity index (χ1n) is 5.93. The summed E-state index contributed by atoms with van der Waals surface area (Å²) in [6, 6.07) is 4.12. The third-order valence-corrected chi connectivity index (χ3v) is 3.09. The Labute approximate surface area is 107 Å². The quantitative estimate of drug-likeness (QED) is 0.902. The third-order valence-electron chi connectivity index (χ3n) is 3.09. The maximum atomic E-state index is 5.78. The van der Waals surface area contributed by atoms with E-state index in [9.17, 15) is 0 Å². The van der Waals surface area contributed by atoms with Crippen LogP contribution in [0.1, 0.15) is 30.9 Å². The number of anilines is 1. The van der Waals surface area contributed by atoms with E-state index in [2.05, 4.69) is 25.1 Å². The molecule has 0 fully saturated rings. The zero-order valence-electron chi connectivity index (χ0n) is 11.2. The molecule has 0 saturated carbocycles. The lowest BCUT2D eigenvalue weighted by molar-refractivity contribution is 0.407. The molecule has 18 heavy (non-hydrogen) atoms. The van der Waals surface area contributed by atoms with Crippen molar-refractivity contribution in [1.82, 2.24) is 5.16 Å². The summed E-state index contributed by atoms with van der Waals surface area (Å²) in [5, 5.41) is 3.73. The number of nitrogens with two attached hydrogens (primary N) is 1. The van der Waals surface area contributed by atoms with Gasteiger partial charge in [-0.05, 0) is 41.7 Å². The predicted molar refractivity (Wildman–Crippen MR) is 71.7 cm³/mol. The molecule has 0 aliphatic rings. The van der Waals surface area contributed by atoms with Crippen LogP contribution >= 0.6 is 0 Å². The van der Waals surface area contributed by atoms with Gasteiger partial charge in [0.15, 0.2) is 0 Å². The van der Waals surface area contributed by atoms with Gasteiger partial charge in [-0.2, -0.15) is 0 Å². The van der Waals surface area contributed by atoms with Crippen LogP contribution < -0.4 is 10.5 Å². The van der Waals surface area contributed by atoms with E-state index < -0.39 is 0 Å². The van der Waals surface area contributed by atoms with Crippen molar-refractivity contribution >= 4 is 5.88 Å². The highest BCUT2D eigenvalue weighted by Crippen LogP contribution is 2.36. The molecule has 0 radical (unpaired) electrons. The highest BCUT2D eigenvalue weighted by Gasteiger charge is 2.15. The SMILES string of the molecule is COc1cc(C)c(-c2cnoc2N)cc1C(C)C. The average Bonchev–Trinajstić information content (AvgIpc) is 2.74. The maximum absolute atomic E-state index is 5.78. The standard InChI is InChI=1S/C14H18N2O2/c1-8(2)10-6-11(9(3)5-13(10)17-4)12-7-16-18-14(12)15/h5-8H,15H2,1-4H3. The number of nitrogen functional groups attached to an aromatic ring is 1. The molecule has 0 amide bonds. The van der Waals surface area contributed by atoms with Gasteiger partial charge in [0.2, 0.25) is 5.88 Å². The lowest BCUT2D eigenvalue weighted by Crippen LogP contribution is -1.97. The van der Waals surface area contributed by atoms with Gasteiger partial charge in [0.05, 0.1) is 18.9 Å². The molecule has 4 heteroatoms. The van der Waals surface area contributed by atoms with Gasteiger partial charge < -0.3 is 15.0 Å². The van der Waals surface area contributed by atoms with E-state index in [1.54, 1.807) is 13.3 Å². The first-order chi connectivity index (χ1) is 8.54. The number of hydrogen-bond acceptors (Lipinski definition) is 4. The monoisotopic (exact) mass is 246 g/mol. The minimum Gasteiger partial charge on any atom is -0.496 e. The van der Waals surface area contributed by atoms with Crippen molar-refractivity contribution in [2.45, 2.75) is 26.7 Å². The number of methoxy groups -OCH3 is 1. The first-order valence-corrected chi connectivity index (χ1v) is 5.93. The Kier molecular flexibility index (Phi) is 3.28. The minimum atomic E-state index is 0.345. The Morgan fingerprint density at radius 2 is 2.00 bits per heavy atom. The normalized spacial score (nSPS) is 10.9. The average molecular weight is 246 g/mol. The van der Waals surface area contributed by atoms with E-state index in [1.807, 2.05) is 13.0 Å². The summed E-state index contributed by atoms with van der Waals surface area (Å²) < 4.78 is 10.3. The summed E-state index contributed by atoms with van der Waals surface area (Å²) >= 11 is 0. The number of benzene rings is 1. The number of ether oxygens (including phenoxy) is 1. The second-order valence-corrected chi connectivity index (χ2v) is 4.67. The van der Waals surface area contributed by atoms with Gasteiger partial charge in [-0.1, -0.05) is 19.0 Å². The summed E-state index contributed by atoms with van der Waals surface area (Å²) in [6.07, 6.45) is 1.65. The fraction of sp³-hybridized carbons (Fsp3) is 0.357. The molecule has 0 unspecified atom stereocenters. The summed E-state index contributed by atoms with van der Waals surface area (Å²) in [7, 11) is 1.69. The molecule has 0 spiro atoms. The van der Waals surface area contributed by atoms with E-state index in [4.69, 9.17) is 15.0 Å². The summed E-state index contributed by atoms with van der Waals surface area (Å²) in [5.74, 6) is 1.62. The Balaban J connectivity index is 2.62. The van der Waals surface area contributed by atoms with Crippen molar-refractivity contribution < 1.29 is 9.26 Å². The molecular formula is C14H18N2O2. The van der Waals surface area contributed by atoms with Gasteiger partial charge in [-0.15, -0.1) is 0 Å². The lowest BCUT2D eigenvalue weighted by atomic mass is 9.94. The van der Waals surface area contributed by atoms with Gasteiger partial charge in [-0.3, -0.25) is 0 Å². The van der Waals surface area contributed by atoms with Crippen molar-refractivity contribution in [1.29, 1.82) is 0 Å². The second-order valence-electron chi connectivity index (χ2n) is 4.67. The molecule has 1 aromatic heterocycles. The van der Waals surface area contributed by atoms with Crippen LogP contribution in [0.15, 0.2) is 22.9 Å². The van der Waals surface area contributed by atoms with Crippen molar-refractivity contribution in [3.63, 3.8) is 0 Å². The molecule has 2 aromatic rings. The maximum Gasteiger partial charge on any atom is 0.229 e. The Hall–Kier alpha value is -1.97. The van der Waals surface area contributed by atoms with Crippen molar-refractivity contribution in [2.75, 3.05) is 12.8 Å². The van der Waals surface area contributed by atoms with E-state index >= 15 is 0 Å². The molecular weight excluding hydrogens is 228 g/mol. The number of aromatic nitrogens is 1. The zero-order chi connectivity index (χ0) is 13.3.